The second-order valence-corrected chi connectivity index (χ2v) is 4.27. The van der Waals surface area contributed by atoms with Crippen molar-refractivity contribution in [2.75, 3.05) is 6.61 Å². The van der Waals surface area contributed by atoms with E-state index in [9.17, 15) is 4.79 Å². The van der Waals surface area contributed by atoms with Crippen molar-refractivity contribution in [3.63, 3.8) is 0 Å². The number of ether oxygens (including phenoxy) is 1. The molecule has 0 aromatic heterocycles. The van der Waals surface area contributed by atoms with Crippen LogP contribution in [0, 0.1) is 0 Å². The fourth-order valence-corrected chi connectivity index (χ4v) is 1.66. The van der Waals surface area contributed by atoms with Crippen LogP contribution in [-0.2, 0) is 4.79 Å². The van der Waals surface area contributed by atoms with Gasteiger partial charge in [0.2, 0.25) is 5.91 Å². The highest BCUT2D eigenvalue weighted by Crippen LogP contribution is 2.27. The van der Waals surface area contributed by atoms with Gasteiger partial charge in [0.05, 0.1) is 11.6 Å². The van der Waals surface area contributed by atoms with Crippen LogP contribution in [0.15, 0.2) is 31.0 Å². The Morgan fingerprint density at radius 2 is 2.22 bits per heavy atom. The zero-order valence-corrected chi connectivity index (χ0v) is 11.2. The van der Waals surface area contributed by atoms with Crippen LogP contribution in [0.2, 0.25) is 10.0 Å². The minimum absolute atomic E-state index is 0.124. The van der Waals surface area contributed by atoms with Crippen molar-refractivity contribution in [3.8, 4) is 5.75 Å². The number of carbonyl (C=O) groups excluding carboxylic acids is 1. The van der Waals surface area contributed by atoms with Gasteiger partial charge in [-0.15, -0.1) is 0 Å². The number of amides is 1. The third-order valence-corrected chi connectivity index (χ3v) is 2.54. The quantitative estimate of drug-likeness (QED) is 0.599. The fourth-order valence-electron chi connectivity index (χ4n) is 1.20. The number of halogens is 2. The van der Waals surface area contributed by atoms with Crippen LogP contribution < -0.4 is 15.6 Å². The second kappa shape index (κ2) is 7.84. The molecular weight excluding hydrogens is 275 g/mol. The third kappa shape index (κ3) is 5.29. The van der Waals surface area contributed by atoms with E-state index in [1.54, 1.807) is 18.2 Å². The standard InChI is InChI=1S/C12H14Cl2N2O2/c1-2-15-16-12(17)4-3-7-18-11-6-5-9(13)8-10(11)14/h2,5-6,8,15H,1,3-4,7H2,(H,16,17). The van der Waals surface area contributed by atoms with Gasteiger partial charge in [-0.25, -0.2) is 0 Å². The van der Waals surface area contributed by atoms with Crippen molar-refractivity contribution in [3.05, 3.63) is 41.0 Å². The van der Waals surface area contributed by atoms with E-state index in [-0.39, 0.29) is 5.91 Å². The maximum Gasteiger partial charge on any atom is 0.238 e. The predicted molar refractivity (Wildman–Crippen MR) is 72.7 cm³/mol. The molecule has 0 unspecified atom stereocenters. The summed E-state index contributed by atoms with van der Waals surface area (Å²) in [5.41, 5.74) is 4.95. The van der Waals surface area contributed by atoms with Crippen molar-refractivity contribution in [2.24, 2.45) is 0 Å². The van der Waals surface area contributed by atoms with E-state index < -0.39 is 0 Å². The van der Waals surface area contributed by atoms with Crippen LogP contribution >= 0.6 is 23.2 Å². The lowest BCUT2D eigenvalue weighted by Crippen LogP contribution is -2.33. The number of hydrazine groups is 1. The fraction of sp³-hybridized carbons (Fsp3) is 0.250. The lowest BCUT2D eigenvalue weighted by Gasteiger charge is -2.08. The van der Waals surface area contributed by atoms with Gasteiger partial charge in [-0.05, 0) is 24.6 Å². The molecule has 1 rings (SSSR count). The first-order chi connectivity index (χ1) is 8.63. The van der Waals surface area contributed by atoms with E-state index in [0.29, 0.717) is 35.2 Å². The monoisotopic (exact) mass is 288 g/mol. The minimum Gasteiger partial charge on any atom is -0.492 e. The maximum atomic E-state index is 11.2. The molecule has 0 saturated heterocycles. The number of rotatable bonds is 7. The zero-order chi connectivity index (χ0) is 13.4. The van der Waals surface area contributed by atoms with Crippen molar-refractivity contribution >= 4 is 29.1 Å². The van der Waals surface area contributed by atoms with Crippen molar-refractivity contribution < 1.29 is 9.53 Å². The van der Waals surface area contributed by atoms with E-state index in [1.165, 1.54) is 6.20 Å². The SMILES string of the molecule is C=CNNC(=O)CCCOc1ccc(Cl)cc1Cl. The Kier molecular flexibility index (Phi) is 6.39. The van der Waals surface area contributed by atoms with Crippen LogP contribution in [-0.4, -0.2) is 12.5 Å². The van der Waals surface area contributed by atoms with Gasteiger partial charge in [-0.2, -0.15) is 0 Å². The Morgan fingerprint density at radius 3 is 2.89 bits per heavy atom. The summed E-state index contributed by atoms with van der Waals surface area (Å²) in [6, 6.07) is 5.01. The first kappa shape index (κ1) is 14.7. The molecule has 0 fully saturated rings. The van der Waals surface area contributed by atoms with E-state index in [1.807, 2.05) is 0 Å². The molecule has 0 saturated carbocycles. The lowest BCUT2D eigenvalue weighted by atomic mass is 10.3. The van der Waals surface area contributed by atoms with E-state index >= 15 is 0 Å². The number of carbonyl (C=O) groups is 1. The van der Waals surface area contributed by atoms with Crippen LogP contribution in [0.3, 0.4) is 0 Å². The van der Waals surface area contributed by atoms with Gasteiger partial charge < -0.3 is 10.2 Å². The molecule has 0 atom stereocenters. The van der Waals surface area contributed by atoms with Gasteiger partial charge in [0.1, 0.15) is 5.75 Å². The molecule has 4 nitrogen and oxygen atoms in total. The van der Waals surface area contributed by atoms with Gasteiger partial charge in [-0.3, -0.25) is 10.2 Å². The Morgan fingerprint density at radius 1 is 1.44 bits per heavy atom. The van der Waals surface area contributed by atoms with Crippen LogP contribution in [0.25, 0.3) is 0 Å². The Hall–Kier alpha value is -1.39. The van der Waals surface area contributed by atoms with Crippen molar-refractivity contribution in [2.45, 2.75) is 12.8 Å². The van der Waals surface area contributed by atoms with Crippen molar-refractivity contribution in [1.29, 1.82) is 0 Å². The zero-order valence-electron chi connectivity index (χ0n) is 9.71. The molecule has 1 amide bonds. The molecule has 0 aliphatic heterocycles. The molecule has 2 N–H and O–H groups in total. The third-order valence-electron chi connectivity index (χ3n) is 2.01. The van der Waals surface area contributed by atoms with Gasteiger partial charge in [0, 0.05) is 17.6 Å². The number of benzene rings is 1. The average molecular weight is 289 g/mol. The molecule has 0 bridgehead atoms. The Bertz CT molecular complexity index is 425. The van der Waals surface area contributed by atoms with E-state index in [4.69, 9.17) is 27.9 Å². The van der Waals surface area contributed by atoms with E-state index in [2.05, 4.69) is 17.4 Å². The minimum atomic E-state index is -0.124. The smallest absolute Gasteiger partial charge is 0.238 e. The first-order valence-corrected chi connectivity index (χ1v) is 6.12. The van der Waals surface area contributed by atoms with Crippen LogP contribution in [0.4, 0.5) is 0 Å². The molecule has 98 valence electrons. The van der Waals surface area contributed by atoms with Gasteiger partial charge >= 0.3 is 0 Å². The summed E-state index contributed by atoms with van der Waals surface area (Å²) >= 11 is 11.7. The molecule has 6 heteroatoms. The largest absolute Gasteiger partial charge is 0.492 e. The molecule has 1 aromatic carbocycles. The molecule has 0 heterocycles. The predicted octanol–water partition coefficient (Wildman–Crippen LogP) is 2.92. The van der Waals surface area contributed by atoms with Gasteiger partial charge in [0.15, 0.2) is 0 Å². The highest BCUT2D eigenvalue weighted by molar-refractivity contribution is 6.35. The molecule has 0 radical (unpaired) electrons. The molecule has 0 spiro atoms. The van der Waals surface area contributed by atoms with Crippen molar-refractivity contribution in [1.82, 2.24) is 10.9 Å². The number of hydrogen-bond acceptors (Lipinski definition) is 3. The summed E-state index contributed by atoms with van der Waals surface area (Å²) < 4.78 is 5.44. The lowest BCUT2D eigenvalue weighted by molar-refractivity contribution is -0.122. The molecule has 18 heavy (non-hydrogen) atoms. The highest BCUT2D eigenvalue weighted by atomic mass is 35.5. The van der Waals surface area contributed by atoms with Crippen LogP contribution in [0.1, 0.15) is 12.8 Å². The van der Waals surface area contributed by atoms with Gasteiger partial charge in [-0.1, -0.05) is 29.8 Å². The number of hydrogen-bond donors (Lipinski definition) is 2. The summed E-state index contributed by atoms with van der Waals surface area (Å²) in [5.74, 6) is 0.436. The summed E-state index contributed by atoms with van der Waals surface area (Å²) in [4.78, 5) is 11.2. The van der Waals surface area contributed by atoms with Gasteiger partial charge in [0.25, 0.3) is 0 Å². The Labute approximate surface area is 116 Å². The Balaban J connectivity index is 2.25. The highest BCUT2D eigenvalue weighted by Gasteiger charge is 2.03. The average Bonchev–Trinajstić information content (AvgIpc) is 2.34. The second-order valence-electron chi connectivity index (χ2n) is 3.42. The number of nitrogens with one attached hydrogen (secondary N) is 2. The summed E-state index contributed by atoms with van der Waals surface area (Å²) in [7, 11) is 0. The molecule has 1 aromatic rings. The summed E-state index contributed by atoms with van der Waals surface area (Å²) in [6.07, 6.45) is 2.33. The first-order valence-electron chi connectivity index (χ1n) is 5.36. The van der Waals surface area contributed by atoms with Crippen LogP contribution in [0.5, 0.6) is 5.75 Å². The molecule has 0 aliphatic rings. The molecular formula is C12H14Cl2N2O2. The summed E-state index contributed by atoms with van der Waals surface area (Å²) in [5, 5.41) is 1.02. The summed E-state index contributed by atoms with van der Waals surface area (Å²) in [6.45, 7) is 3.82. The van der Waals surface area contributed by atoms with E-state index in [0.717, 1.165) is 0 Å². The maximum absolute atomic E-state index is 11.2. The topological polar surface area (TPSA) is 50.4 Å². The molecule has 0 aliphatic carbocycles. The normalized spacial score (nSPS) is 9.67.